The van der Waals surface area contributed by atoms with Crippen molar-refractivity contribution in [3.05, 3.63) is 205 Å². The highest BCUT2D eigenvalue weighted by atomic mass is 15.1. The van der Waals surface area contributed by atoms with Gasteiger partial charge in [0.15, 0.2) is 0 Å². The number of rotatable bonds is 4. The Balaban J connectivity index is 1.23. The number of benzene rings is 11. The molecule has 12 rings (SSSR count). The van der Waals surface area contributed by atoms with Crippen LogP contribution in [0.5, 0.6) is 0 Å². The Morgan fingerprint density at radius 2 is 0.723 bits per heavy atom. The minimum Gasteiger partial charge on any atom is -0.292 e. The van der Waals surface area contributed by atoms with Gasteiger partial charge in [-0.15, -0.1) is 0 Å². The van der Waals surface area contributed by atoms with Crippen molar-refractivity contribution >= 4 is 75.7 Å². The zero-order valence-corrected chi connectivity index (χ0v) is 37.9. The van der Waals surface area contributed by atoms with Crippen LogP contribution in [-0.4, -0.2) is 9.55 Å². The van der Waals surface area contributed by atoms with Crippen LogP contribution in [0.15, 0.2) is 194 Å². The van der Waals surface area contributed by atoms with E-state index >= 15 is 0 Å². The van der Waals surface area contributed by atoms with Crippen LogP contribution in [0.1, 0.15) is 52.7 Å². The number of fused-ring (bicyclic) bond motifs is 10. The number of nitrogens with zero attached hydrogens (tertiary/aromatic N) is 2. The van der Waals surface area contributed by atoms with Crippen molar-refractivity contribution in [2.75, 3.05) is 0 Å². The van der Waals surface area contributed by atoms with Crippen LogP contribution in [0.2, 0.25) is 0 Å². The van der Waals surface area contributed by atoms with Crippen molar-refractivity contribution in [3.8, 4) is 39.3 Å². The molecule has 0 radical (unpaired) electrons. The van der Waals surface area contributed by atoms with Crippen molar-refractivity contribution in [1.82, 2.24) is 9.55 Å². The first-order valence-corrected chi connectivity index (χ1v) is 23.0. The smallest absolute Gasteiger partial charge is 0.145 e. The van der Waals surface area contributed by atoms with Crippen LogP contribution in [0.4, 0.5) is 0 Å². The molecule has 0 aliphatic rings. The fourth-order valence-electron chi connectivity index (χ4n) is 10.4. The third-order valence-corrected chi connectivity index (χ3v) is 13.8. The SMILES string of the molecule is CC(C)(C)c1ccc(-c2nc3c4ccc(-c5c6ccccc6cc6ccccc56)cc4c4cc(-c5c6ccccc6cc6ccccc56)ccc4c3n2-c2ccc(C(C)(C)C)cc2)cc1. The van der Waals surface area contributed by atoms with Crippen molar-refractivity contribution < 1.29 is 0 Å². The summed E-state index contributed by atoms with van der Waals surface area (Å²) < 4.78 is 2.43. The molecule has 1 aromatic heterocycles. The predicted octanol–water partition coefficient (Wildman–Crippen LogP) is 17.5. The largest absolute Gasteiger partial charge is 0.292 e. The van der Waals surface area contributed by atoms with E-state index < -0.39 is 0 Å². The minimum absolute atomic E-state index is 0.0271. The van der Waals surface area contributed by atoms with E-state index in [1.807, 2.05) is 0 Å². The van der Waals surface area contributed by atoms with Gasteiger partial charge in [0.2, 0.25) is 0 Å². The molecule has 1 heterocycles. The Morgan fingerprint density at radius 3 is 1.17 bits per heavy atom. The lowest BCUT2D eigenvalue weighted by atomic mass is 9.86. The third-order valence-electron chi connectivity index (χ3n) is 13.8. The quantitative estimate of drug-likeness (QED) is 0.128. The average molecular weight is 835 g/mol. The molecule has 2 heteroatoms. The van der Waals surface area contributed by atoms with E-state index in [4.69, 9.17) is 4.98 Å². The molecule has 312 valence electrons. The van der Waals surface area contributed by atoms with E-state index in [9.17, 15) is 0 Å². The fourth-order valence-corrected chi connectivity index (χ4v) is 10.4. The second kappa shape index (κ2) is 14.5. The Bertz CT molecular complexity index is 3760. The van der Waals surface area contributed by atoms with Gasteiger partial charge in [0.25, 0.3) is 0 Å². The molecule has 11 aromatic carbocycles. The Hall–Kier alpha value is -7.55. The molecule has 0 bridgehead atoms. The summed E-state index contributed by atoms with van der Waals surface area (Å²) in [4.78, 5) is 5.73. The predicted molar refractivity (Wildman–Crippen MR) is 280 cm³/mol. The van der Waals surface area contributed by atoms with Gasteiger partial charge in [0.05, 0.1) is 11.0 Å². The lowest BCUT2D eigenvalue weighted by Gasteiger charge is -2.21. The Labute approximate surface area is 380 Å². The Kier molecular flexibility index (Phi) is 8.71. The highest BCUT2D eigenvalue weighted by Gasteiger charge is 2.24. The van der Waals surface area contributed by atoms with Gasteiger partial charge >= 0.3 is 0 Å². The van der Waals surface area contributed by atoms with Crippen LogP contribution in [0.3, 0.4) is 0 Å². The first-order valence-electron chi connectivity index (χ1n) is 23.0. The Morgan fingerprint density at radius 1 is 0.338 bits per heavy atom. The van der Waals surface area contributed by atoms with E-state index in [0.717, 1.165) is 33.5 Å². The van der Waals surface area contributed by atoms with Gasteiger partial charge < -0.3 is 0 Å². The summed E-state index contributed by atoms with van der Waals surface area (Å²) in [7, 11) is 0. The van der Waals surface area contributed by atoms with Gasteiger partial charge in [-0.1, -0.05) is 199 Å². The van der Waals surface area contributed by atoms with Crippen molar-refractivity contribution in [2.45, 2.75) is 52.4 Å². The standard InChI is InChI=1S/C63H50N2/c1-62(2,3)46-27-23-39(24-28-46)61-64-59-53-33-25-44(57-49-19-11-7-15-40(49)35-41-16-8-12-20-50(41)57)37-55(53)56-38-45(58-51-21-13-9-17-42(51)36-43-18-10-14-22-52(43)58)26-34-54(56)60(59)65(61)48-31-29-47(30-32-48)63(4,5)6/h7-38H,1-6H3. The summed E-state index contributed by atoms with van der Waals surface area (Å²) in [5.74, 6) is 0.936. The molecule has 0 aliphatic carbocycles. The van der Waals surface area contributed by atoms with Crippen LogP contribution in [0, 0.1) is 0 Å². The second-order valence-electron chi connectivity index (χ2n) is 20.0. The maximum Gasteiger partial charge on any atom is 0.145 e. The maximum atomic E-state index is 5.73. The molecule has 0 unspecified atom stereocenters. The second-order valence-corrected chi connectivity index (χ2v) is 20.0. The van der Waals surface area contributed by atoms with E-state index in [2.05, 4.69) is 240 Å². The summed E-state index contributed by atoms with van der Waals surface area (Å²) in [6.07, 6.45) is 0. The normalized spacial score (nSPS) is 12.5. The number of imidazole rings is 1. The zero-order valence-electron chi connectivity index (χ0n) is 37.9. The van der Waals surface area contributed by atoms with Crippen LogP contribution in [-0.2, 0) is 10.8 Å². The van der Waals surface area contributed by atoms with Crippen molar-refractivity contribution in [2.24, 2.45) is 0 Å². The summed E-state index contributed by atoms with van der Waals surface area (Å²) in [5, 5.41) is 14.7. The molecular formula is C63H50N2. The molecular weight excluding hydrogens is 785 g/mol. The molecule has 0 saturated carbocycles. The molecule has 0 saturated heterocycles. The molecule has 0 fully saturated rings. The topological polar surface area (TPSA) is 17.8 Å². The minimum atomic E-state index is 0.0271. The van der Waals surface area contributed by atoms with E-state index in [1.54, 1.807) is 0 Å². The molecule has 12 aromatic rings. The van der Waals surface area contributed by atoms with E-state index in [0.29, 0.717) is 0 Å². The monoisotopic (exact) mass is 834 g/mol. The number of hydrogen-bond donors (Lipinski definition) is 0. The lowest BCUT2D eigenvalue weighted by Crippen LogP contribution is -2.11. The van der Waals surface area contributed by atoms with Gasteiger partial charge in [-0.25, -0.2) is 4.98 Å². The van der Waals surface area contributed by atoms with Gasteiger partial charge in [-0.05, 0) is 134 Å². The zero-order chi connectivity index (χ0) is 44.2. The summed E-state index contributed by atoms with van der Waals surface area (Å²) in [6.45, 7) is 13.7. The van der Waals surface area contributed by atoms with Crippen LogP contribution in [0.25, 0.3) is 115 Å². The highest BCUT2D eigenvalue weighted by Crippen LogP contribution is 2.46. The van der Waals surface area contributed by atoms with Gasteiger partial charge in [-0.2, -0.15) is 0 Å². The molecule has 0 atom stereocenters. The van der Waals surface area contributed by atoms with Gasteiger partial charge in [-0.3, -0.25) is 4.57 Å². The first-order chi connectivity index (χ1) is 31.5. The highest BCUT2D eigenvalue weighted by molar-refractivity contribution is 6.27. The average Bonchev–Trinajstić information content (AvgIpc) is 3.73. The summed E-state index contributed by atoms with van der Waals surface area (Å²) in [6, 6.07) is 72.5. The van der Waals surface area contributed by atoms with E-state index in [-0.39, 0.29) is 10.8 Å². The molecule has 0 amide bonds. The third kappa shape index (κ3) is 6.34. The molecule has 65 heavy (non-hydrogen) atoms. The molecule has 2 nitrogen and oxygen atoms in total. The molecule has 0 N–H and O–H groups in total. The fraction of sp³-hybridized carbons (Fsp3) is 0.127. The first kappa shape index (κ1) is 39.1. The van der Waals surface area contributed by atoms with Gasteiger partial charge in [0, 0.05) is 22.0 Å². The number of aromatic nitrogens is 2. The maximum absolute atomic E-state index is 5.73. The summed E-state index contributed by atoms with van der Waals surface area (Å²) >= 11 is 0. The summed E-state index contributed by atoms with van der Waals surface area (Å²) in [5.41, 5.74) is 11.9. The van der Waals surface area contributed by atoms with Crippen LogP contribution < -0.4 is 0 Å². The van der Waals surface area contributed by atoms with E-state index in [1.165, 1.54) is 92.6 Å². The van der Waals surface area contributed by atoms with Gasteiger partial charge in [0.1, 0.15) is 5.82 Å². The van der Waals surface area contributed by atoms with Crippen LogP contribution >= 0.6 is 0 Å². The number of hydrogen-bond acceptors (Lipinski definition) is 1. The van der Waals surface area contributed by atoms with Crippen molar-refractivity contribution in [1.29, 1.82) is 0 Å². The lowest BCUT2D eigenvalue weighted by molar-refractivity contribution is 0.590. The molecule has 0 spiro atoms. The van der Waals surface area contributed by atoms with Crippen molar-refractivity contribution in [3.63, 3.8) is 0 Å². The molecule has 0 aliphatic heterocycles.